The number of carboxylic acid groups (broad SMARTS) is 1. The molecule has 0 radical (unpaired) electrons. The van der Waals surface area contributed by atoms with Crippen molar-refractivity contribution in [3.8, 4) is 0 Å². The van der Waals surface area contributed by atoms with Gasteiger partial charge in [0.1, 0.15) is 0 Å². The van der Waals surface area contributed by atoms with E-state index in [0.717, 1.165) is 19.3 Å². The highest BCUT2D eigenvalue weighted by Crippen LogP contribution is 2.25. The maximum absolute atomic E-state index is 12.4. The van der Waals surface area contributed by atoms with Crippen LogP contribution in [0.4, 0.5) is 0 Å². The molecule has 6 heteroatoms. The van der Waals surface area contributed by atoms with Gasteiger partial charge >= 0.3 is 5.97 Å². The molecule has 0 bridgehead atoms. The number of amides is 2. The van der Waals surface area contributed by atoms with Gasteiger partial charge in [0, 0.05) is 23.6 Å². The zero-order chi connectivity index (χ0) is 18.4. The van der Waals surface area contributed by atoms with Gasteiger partial charge in [0.15, 0.2) is 0 Å². The van der Waals surface area contributed by atoms with Gasteiger partial charge in [-0.1, -0.05) is 18.6 Å². The summed E-state index contributed by atoms with van der Waals surface area (Å²) in [6, 6.07) is 6.73. The van der Waals surface area contributed by atoms with Gasteiger partial charge in [0.05, 0.1) is 6.42 Å². The van der Waals surface area contributed by atoms with E-state index in [1.807, 2.05) is 13.8 Å². The Labute approximate surface area is 148 Å². The molecule has 136 valence electrons. The number of carbonyl (C=O) groups excluding carboxylic acids is 2. The van der Waals surface area contributed by atoms with Crippen LogP contribution in [0.15, 0.2) is 24.3 Å². The van der Waals surface area contributed by atoms with Gasteiger partial charge in [-0.05, 0) is 50.8 Å². The third-order valence-corrected chi connectivity index (χ3v) is 4.36. The quantitative estimate of drug-likeness (QED) is 0.735. The second kappa shape index (κ2) is 8.65. The molecule has 1 aliphatic rings. The first-order valence-corrected chi connectivity index (χ1v) is 8.77. The molecular weight excluding hydrogens is 320 g/mol. The summed E-state index contributed by atoms with van der Waals surface area (Å²) >= 11 is 0. The first-order chi connectivity index (χ1) is 11.8. The summed E-state index contributed by atoms with van der Waals surface area (Å²) in [5, 5.41) is 14.8. The van der Waals surface area contributed by atoms with Crippen LogP contribution in [0.5, 0.6) is 0 Å². The van der Waals surface area contributed by atoms with E-state index in [2.05, 4.69) is 10.6 Å². The van der Waals surface area contributed by atoms with Gasteiger partial charge in [-0.2, -0.15) is 0 Å². The number of nitrogens with one attached hydrogen (secondary N) is 2. The molecule has 2 atom stereocenters. The van der Waals surface area contributed by atoms with Crippen molar-refractivity contribution in [1.29, 1.82) is 0 Å². The van der Waals surface area contributed by atoms with Crippen LogP contribution in [0.2, 0.25) is 0 Å². The lowest BCUT2D eigenvalue weighted by Gasteiger charge is -2.29. The van der Waals surface area contributed by atoms with Crippen molar-refractivity contribution >= 4 is 17.8 Å². The first-order valence-electron chi connectivity index (χ1n) is 8.77. The molecule has 1 aromatic carbocycles. The molecule has 3 N–H and O–H groups in total. The van der Waals surface area contributed by atoms with Crippen LogP contribution in [0, 0.1) is 5.92 Å². The molecule has 1 fully saturated rings. The molecule has 0 saturated heterocycles. The lowest BCUT2D eigenvalue weighted by Crippen LogP contribution is -2.43. The van der Waals surface area contributed by atoms with Crippen molar-refractivity contribution in [3.05, 3.63) is 35.4 Å². The molecule has 1 saturated carbocycles. The van der Waals surface area contributed by atoms with Gasteiger partial charge in [-0.15, -0.1) is 0 Å². The predicted octanol–water partition coefficient (Wildman–Crippen LogP) is 2.13. The topological polar surface area (TPSA) is 95.5 Å². The van der Waals surface area contributed by atoms with E-state index in [1.165, 1.54) is 0 Å². The summed E-state index contributed by atoms with van der Waals surface area (Å²) in [5.74, 6) is -1.16. The zero-order valence-electron chi connectivity index (χ0n) is 14.7. The lowest BCUT2D eigenvalue weighted by atomic mass is 9.85. The third kappa shape index (κ3) is 5.89. The smallest absolute Gasteiger partial charge is 0.307 e. The van der Waals surface area contributed by atoms with Gasteiger partial charge in [0.25, 0.3) is 5.91 Å². The van der Waals surface area contributed by atoms with E-state index in [-0.39, 0.29) is 36.2 Å². The van der Waals surface area contributed by atoms with Crippen LogP contribution >= 0.6 is 0 Å². The molecule has 1 aliphatic carbocycles. The van der Waals surface area contributed by atoms with Crippen LogP contribution < -0.4 is 10.6 Å². The molecule has 2 unspecified atom stereocenters. The molecular formula is C19H26N2O4. The molecule has 25 heavy (non-hydrogen) atoms. The van der Waals surface area contributed by atoms with Crippen LogP contribution in [-0.4, -0.2) is 35.0 Å². The molecule has 0 aliphatic heterocycles. The number of hydrogen-bond acceptors (Lipinski definition) is 3. The third-order valence-electron chi connectivity index (χ3n) is 4.36. The molecule has 2 rings (SSSR count). The maximum Gasteiger partial charge on any atom is 0.307 e. The number of rotatable bonds is 6. The minimum absolute atomic E-state index is 0.0349. The van der Waals surface area contributed by atoms with Gasteiger partial charge in [0.2, 0.25) is 5.91 Å². The highest BCUT2D eigenvalue weighted by Gasteiger charge is 2.28. The second-order valence-corrected chi connectivity index (χ2v) is 6.97. The van der Waals surface area contributed by atoms with E-state index in [4.69, 9.17) is 5.11 Å². The number of aliphatic carboxylic acids is 1. The molecule has 1 aromatic rings. The van der Waals surface area contributed by atoms with Crippen LogP contribution in [0.3, 0.4) is 0 Å². The van der Waals surface area contributed by atoms with E-state index >= 15 is 0 Å². The Bertz CT molecular complexity index is 642. The fourth-order valence-electron chi connectivity index (χ4n) is 3.23. The highest BCUT2D eigenvalue weighted by molar-refractivity contribution is 5.94. The number of benzene rings is 1. The summed E-state index contributed by atoms with van der Waals surface area (Å²) in [7, 11) is 0. The van der Waals surface area contributed by atoms with Gasteiger partial charge in [-0.25, -0.2) is 0 Å². The van der Waals surface area contributed by atoms with E-state index in [9.17, 15) is 14.4 Å². The maximum atomic E-state index is 12.4. The average molecular weight is 346 g/mol. The van der Waals surface area contributed by atoms with Crippen molar-refractivity contribution in [2.75, 3.05) is 0 Å². The summed E-state index contributed by atoms with van der Waals surface area (Å²) in [4.78, 5) is 35.4. The SMILES string of the molecule is CC(C)NC(=O)C1CCCC(NC(=O)c2cccc(CC(=O)O)c2)C1. The zero-order valence-corrected chi connectivity index (χ0v) is 14.7. The second-order valence-electron chi connectivity index (χ2n) is 6.97. The van der Waals surface area contributed by atoms with Crippen LogP contribution in [-0.2, 0) is 16.0 Å². The summed E-state index contributed by atoms with van der Waals surface area (Å²) in [6.07, 6.45) is 3.13. The van der Waals surface area contributed by atoms with E-state index < -0.39 is 5.97 Å². The Morgan fingerprint density at radius 1 is 1.24 bits per heavy atom. The highest BCUT2D eigenvalue weighted by atomic mass is 16.4. The van der Waals surface area contributed by atoms with Crippen molar-refractivity contribution < 1.29 is 19.5 Å². The predicted molar refractivity (Wildman–Crippen MR) is 94.3 cm³/mol. The fourth-order valence-corrected chi connectivity index (χ4v) is 3.23. The average Bonchev–Trinajstić information content (AvgIpc) is 2.54. The summed E-state index contributed by atoms with van der Waals surface area (Å²) in [6.45, 7) is 3.87. The Balaban J connectivity index is 1.95. The first kappa shape index (κ1) is 19.0. The normalized spacial score (nSPS) is 20.1. The lowest BCUT2D eigenvalue weighted by molar-refractivity contribution is -0.136. The van der Waals surface area contributed by atoms with Crippen LogP contribution in [0.1, 0.15) is 55.5 Å². The Hall–Kier alpha value is -2.37. The van der Waals surface area contributed by atoms with Gasteiger partial charge in [-0.3, -0.25) is 14.4 Å². The van der Waals surface area contributed by atoms with Crippen molar-refractivity contribution in [3.63, 3.8) is 0 Å². The van der Waals surface area contributed by atoms with Gasteiger partial charge < -0.3 is 15.7 Å². The monoisotopic (exact) mass is 346 g/mol. The minimum atomic E-state index is -0.927. The number of carboxylic acids is 1. The minimum Gasteiger partial charge on any atom is -0.481 e. The molecule has 0 heterocycles. The largest absolute Gasteiger partial charge is 0.481 e. The van der Waals surface area contributed by atoms with Crippen molar-refractivity contribution in [2.45, 2.75) is 58.0 Å². The van der Waals surface area contributed by atoms with Crippen LogP contribution in [0.25, 0.3) is 0 Å². The van der Waals surface area contributed by atoms with Crippen molar-refractivity contribution in [1.82, 2.24) is 10.6 Å². The molecule has 0 spiro atoms. The standard InChI is InChI=1S/C19H26N2O4/c1-12(2)20-18(24)15-7-4-8-16(11-15)21-19(25)14-6-3-5-13(9-14)10-17(22)23/h3,5-6,9,12,15-16H,4,7-8,10-11H2,1-2H3,(H,20,24)(H,21,25)(H,22,23). The molecule has 0 aromatic heterocycles. The summed E-state index contributed by atoms with van der Waals surface area (Å²) in [5.41, 5.74) is 1.05. The number of carbonyl (C=O) groups is 3. The summed E-state index contributed by atoms with van der Waals surface area (Å²) < 4.78 is 0. The van der Waals surface area contributed by atoms with E-state index in [0.29, 0.717) is 17.5 Å². The molecule has 2 amide bonds. The number of hydrogen-bond donors (Lipinski definition) is 3. The van der Waals surface area contributed by atoms with Crippen molar-refractivity contribution in [2.24, 2.45) is 5.92 Å². The fraction of sp³-hybridized carbons (Fsp3) is 0.526. The Morgan fingerprint density at radius 3 is 2.68 bits per heavy atom. The Kier molecular flexibility index (Phi) is 6.56. The molecule has 6 nitrogen and oxygen atoms in total. The van der Waals surface area contributed by atoms with E-state index in [1.54, 1.807) is 24.3 Å². The Morgan fingerprint density at radius 2 is 2.00 bits per heavy atom.